The molecule has 1 aromatic heterocycles. The Morgan fingerprint density at radius 1 is 1.07 bits per heavy atom. The molecule has 6 heteroatoms. The maximum absolute atomic E-state index is 12.9. The highest BCUT2D eigenvalue weighted by Crippen LogP contribution is 2.28. The van der Waals surface area contributed by atoms with Gasteiger partial charge in [0.2, 0.25) is 0 Å². The molecule has 0 bridgehead atoms. The minimum atomic E-state index is -0.187. The van der Waals surface area contributed by atoms with Gasteiger partial charge < -0.3 is 15.1 Å². The molecule has 0 radical (unpaired) electrons. The van der Waals surface area contributed by atoms with E-state index in [1.54, 1.807) is 18.3 Å². The van der Waals surface area contributed by atoms with Gasteiger partial charge in [0.05, 0.1) is 5.56 Å². The largest absolute Gasteiger partial charge is 0.354 e. The van der Waals surface area contributed by atoms with Crippen molar-refractivity contribution in [2.75, 3.05) is 42.9 Å². The van der Waals surface area contributed by atoms with Crippen LogP contribution in [0, 0.1) is 0 Å². The van der Waals surface area contributed by atoms with Crippen molar-refractivity contribution in [3.8, 4) is 0 Å². The van der Waals surface area contributed by atoms with Crippen LogP contribution in [0.15, 0.2) is 54.7 Å². The van der Waals surface area contributed by atoms with Crippen LogP contribution in [0.4, 0.5) is 11.5 Å². The highest BCUT2D eigenvalue weighted by molar-refractivity contribution is 6.31. The number of hydrogen-bond donors (Lipinski definition) is 1. The van der Waals surface area contributed by atoms with Crippen molar-refractivity contribution in [3.63, 3.8) is 0 Å². The molecule has 0 atom stereocenters. The molecule has 1 saturated heterocycles. The Hall–Kier alpha value is -2.63. The van der Waals surface area contributed by atoms with Gasteiger partial charge in [0.15, 0.2) is 0 Å². The fourth-order valence-electron chi connectivity index (χ4n) is 3.65. The summed E-state index contributed by atoms with van der Waals surface area (Å²) in [6.07, 6.45) is 1.68. The van der Waals surface area contributed by atoms with Gasteiger partial charge in [0, 0.05) is 48.5 Å². The molecule has 144 valence electrons. The van der Waals surface area contributed by atoms with Gasteiger partial charge in [-0.15, -0.1) is 0 Å². The number of likely N-dealkylation sites (N-methyl/N-ethyl adjacent to an activating group) is 1. The van der Waals surface area contributed by atoms with E-state index in [9.17, 15) is 4.79 Å². The zero-order valence-corrected chi connectivity index (χ0v) is 16.6. The fourth-order valence-corrected chi connectivity index (χ4v) is 3.84. The van der Waals surface area contributed by atoms with Gasteiger partial charge in [0.1, 0.15) is 5.82 Å². The molecule has 4 rings (SSSR count). The van der Waals surface area contributed by atoms with Crippen LogP contribution < -0.4 is 10.2 Å². The van der Waals surface area contributed by atoms with Crippen LogP contribution in [0.5, 0.6) is 0 Å². The lowest BCUT2D eigenvalue weighted by molar-refractivity contribution is 0.102. The summed E-state index contributed by atoms with van der Waals surface area (Å²) < 4.78 is 0. The topological polar surface area (TPSA) is 48.5 Å². The first kappa shape index (κ1) is 18.7. The number of benzene rings is 2. The van der Waals surface area contributed by atoms with Crippen molar-refractivity contribution < 1.29 is 4.79 Å². The number of nitrogens with zero attached hydrogens (tertiary/aromatic N) is 3. The molecule has 2 heterocycles. The SMILES string of the molecule is CCN1CCN(c2ncc(C(=O)Nc3cccc(Cl)c3)c3ccccc23)CC1. The second-order valence-electron chi connectivity index (χ2n) is 6.93. The van der Waals surface area contributed by atoms with E-state index in [0.717, 1.165) is 49.3 Å². The van der Waals surface area contributed by atoms with E-state index >= 15 is 0 Å². The number of fused-ring (bicyclic) bond motifs is 1. The number of amides is 1. The Kier molecular flexibility index (Phi) is 5.46. The van der Waals surface area contributed by atoms with E-state index in [0.29, 0.717) is 16.3 Å². The predicted molar refractivity (Wildman–Crippen MR) is 115 cm³/mol. The summed E-state index contributed by atoms with van der Waals surface area (Å²) in [7, 11) is 0. The lowest BCUT2D eigenvalue weighted by Crippen LogP contribution is -2.46. The van der Waals surface area contributed by atoms with Crippen LogP contribution in [0.3, 0.4) is 0 Å². The number of carbonyl (C=O) groups is 1. The maximum atomic E-state index is 12.9. The molecule has 2 aromatic carbocycles. The number of piperazine rings is 1. The summed E-state index contributed by atoms with van der Waals surface area (Å²) in [4.78, 5) is 22.3. The van der Waals surface area contributed by atoms with Crippen LogP contribution in [-0.2, 0) is 0 Å². The first-order valence-corrected chi connectivity index (χ1v) is 9.95. The second kappa shape index (κ2) is 8.17. The van der Waals surface area contributed by atoms with Gasteiger partial charge in [-0.3, -0.25) is 4.79 Å². The van der Waals surface area contributed by atoms with E-state index in [2.05, 4.69) is 27.0 Å². The average Bonchev–Trinajstić information content (AvgIpc) is 2.73. The number of nitrogens with one attached hydrogen (secondary N) is 1. The third-order valence-corrected chi connectivity index (χ3v) is 5.46. The van der Waals surface area contributed by atoms with E-state index < -0.39 is 0 Å². The standard InChI is InChI=1S/C22H23ClN4O/c1-2-26-10-12-27(13-11-26)21-19-9-4-3-8-18(19)20(15-24-21)22(28)25-17-7-5-6-16(23)14-17/h3-9,14-15H,2,10-13H2,1H3,(H,25,28). The number of pyridine rings is 1. The van der Waals surface area contributed by atoms with Crippen molar-refractivity contribution in [1.82, 2.24) is 9.88 Å². The number of rotatable bonds is 4. The monoisotopic (exact) mass is 394 g/mol. The number of hydrogen-bond acceptors (Lipinski definition) is 4. The molecule has 1 aliphatic rings. The normalized spacial score (nSPS) is 15.0. The molecule has 3 aromatic rings. The van der Waals surface area contributed by atoms with Gasteiger partial charge in [-0.2, -0.15) is 0 Å². The van der Waals surface area contributed by atoms with Gasteiger partial charge in [0.25, 0.3) is 5.91 Å². The van der Waals surface area contributed by atoms with E-state index in [1.165, 1.54) is 0 Å². The molecule has 28 heavy (non-hydrogen) atoms. The zero-order chi connectivity index (χ0) is 19.5. The summed E-state index contributed by atoms with van der Waals surface area (Å²) in [5, 5.41) is 5.42. The lowest BCUT2D eigenvalue weighted by atomic mass is 10.1. The van der Waals surface area contributed by atoms with Gasteiger partial charge in [-0.05, 0) is 30.1 Å². The summed E-state index contributed by atoms with van der Waals surface area (Å²) in [6, 6.07) is 15.1. The third kappa shape index (κ3) is 3.81. The highest BCUT2D eigenvalue weighted by Gasteiger charge is 2.21. The molecule has 1 aliphatic heterocycles. The molecule has 1 fully saturated rings. The summed E-state index contributed by atoms with van der Waals surface area (Å²) >= 11 is 6.02. The minimum absolute atomic E-state index is 0.187. The van der Waals surface area contributed by atoms with Gasteiger partial charge >= 0.3 is 0 Å². The van der Waals surface area contributed by atoms with Crippen LogP contribution >= 0.6 is 11.6 Å². The molecule has 0 saturated carbocycles. The van der Waals surface area contributed by atoms with E-state index in [4.69, 9.17) is 11.6 Å². The Morgan fingerprint density at radius 3 is 2.54 bits per heavy atom. The maximum Gasteiger partial charge on any atom is 0.257 e. The fraction of sp³-hybridized carbons (Fsp3) is 0.273. The summed E-state index contributed by atoms with van der Waals surface area (Å²) in [5.41, 5.74) is 1.23. The number of halogens is 1. The second-order valence-corrected chi connectivity index (χ2v) is 7.36. The molecular formula is C22H23ClN4O. The molecular weight excluding hydrogens is 372 g/mol. The van der Waals surface area contributed by atoms with E-state index in [1.807, 2.05) is 36.4 Å². The molecule has 1 N–H and O–H groups in total. The van der Waals surface area contributed by atoms with Crippen molar-refractivity contribution >= 4 is 39.8 Å². The zero-order valence-electron chi connectivity index (χ0n) is 15.9. The third-order valence-electron chi connectivity index (χ3n) is 5.22. The highest BCUT2D eigenvalue weighted by atomic mass is 35.5. The smallest absolute Gasteiger partial charge is 0.257 e. The predicted octanol–water partition coefficient (Wildman–Crippen LogP) is 4.28. The van der Waals surface area contributed by atoms with Crippen molar-refractivity contribution in [1.29, 1.82) is 0 Å². The Bertz CT molecular complexity index is 999. The summed E-state index contributed by atoms with van der Waals surface area (Å²) in [6.45, 7) is 7.21. The van der Waals surface area contributed by atoms with Crippen LogP contribution in [-0.4, -0.2) is 48.5 Å². The average molecular weight is 395 g/mol. The lowest BCUT2D eigenvalue weighted by Gasteiger charge is -2.35. The molecule has 5 nitrogen and oxygen atoms in total. The number of carbonyl (C=O) groups excluding carboxylic acids is 1. The van der Waals surface area contributed by atoms with Gasteiger partial charge in [-0.1, -0.05) is 48.9 Å². The van der Waals surface area contributed by atoms with Crippen molar-refractivity contribution in [3.05, 3.63) is 65.3 Å². The molecule has 0 unspecified atom stereocenters. The minimum Gasteiger partial charge on any atom is -0.354 e. The van der Waals surface area contributed by atoms with Crippen LogP contribution in [0.1, 0.15) is 17.3 Å². The molecule has 1 amide bonds. The van der Waals surface area contributed by atoms with Gasteiger partial charge in [-0.25, -0.2) is 4.98 Å². The van der Waals surface area contributed by atoms with Crippen LogP contribution in [0.25, 0.3) is 10.8 Å². The molecule has 0 spiro atoms. The quantitative estimate of drug-likeness (QED) is 0.717. The first-order valence-electron chi connectivity index (χ1n) is 9.57. The van der Waals surface area contributed by atoms with E-state index in [-0.39, 0.29) is 5.91 Å². The Labute approximate surface area is 169 Å². The number of aromatic nitrogens is 1. The Balaban J connectivity index is 1.65. The van der Waals surface area contributed by atoms with Crippen molar-refractivity contribution in [2.24, 2.45) is 0 Å². The Morgan fingerprint density at radius 2 is 1.82 bits per heavy atom. The molecule has 0 aliphatic carbocycles. The van der Waals surface area contributed by atoms with Crippen molar-refractivity contribution in [2.45, 2.75) is 6.92 Å². The first-order chi connectivity index (χ1) is 13.7. The number of anilines is 2. The summed E-state index contributed by atoms with van der Waals surface area (Å²) in [5.74, 6) is 0.763. The van der Waals surface area contributed by atoms with Crippen LogP contribution in [0.2, 0.25) is 5.02 Å².